The van der Waals surface area contributed by atoms with E-state index in [0.717, 1.165) is 43.6 Å². The van der Waals surface area contributed by atoms with Crippen LogP contribution in [-0.2, 0) is 0 Å². The molecule has 1 aliphatic heterocycles. The monoisotopic (exact) mass is 287 g/mol. The van der Waals surface area contributed by atoms with Crippen molar-refractivity contribution in [2.75, 3.05) is 26.7 Å². The minimum Gasteiger partial charge on any atom is -0.339 e. The normalized spacial score (nSPS) is 16.6. The van der Waals surface area contributed by atoms with Gasteiger partial charge >= 0.3 is 0 Å². The summed E-state index contributed by atoms with van der Waals surface area (Å²) in [6, 6.07) is 1.89. The van der Waals surface area contributed by atoms with Gasteiger partial charge in [-0.1, -0.05) is 0 Å². The molecule has 0 unspecified atom stereocenters. The van der Waals surface area contributed by atoms with E-state index < -0.39 is 0 Å². The first-order valence-electron chi connectivity index (χ1n) is 7.43. The van der Waals surface area contributed by atoms with E-state index in [9.17, 15) is 4.79 Å². The molecule has 0 spiro atoms. The van der Waals surface area contributed by atoms with Crippen molar-refractivity contribution in [3.63, 3.8) is 0 Å². The minimum absolute atomic E-state index is 0.0768. The number of aromatic nitrogens is 3. The van der Waals surface area contributed by atoms with E-state index in [1.165, 1.54) is 0 Å². The number of H-pyrrole nitrogens is 1. The highest BCUT2D eigenvalue weighted by atomic mass is 16.2. The van der Waals surface area contributed by atoms with E-state index in [0.29, 0.717) is 17.1 Å². The van der Waals surface area contributed by atoms with Crippen LogP contribution in [0.2, 0.25) is 0 Å². The predicted octanol–water partition coefficient (Wildman–Crippen LogP) is 1.34. The van der Waals surface area contributed by atoms with Crippen molar-refractivity contribution in [2.45, 2.75) is 19.8 Å². The van der Waals surface area contributed by atoms with Crippen molar-refractivity contribution in [1.82, 2.24) is 25.4 Å². The summed E-state index contributed by atoms with van der Waals surface area (Å²) in [5.41, 5.74) is 2.26. The standard InChI is InChI=1S/C15H21N5O/c1-10-13-7-12(9-17-14(13)19-18-10)15(21)20-5-3-11(4-6-20)8-16-2/h7,9,11,16H,3-6,8H2,1-2H3,(H,17,18,19). The minimum atomic E-state index is 0.0768. The molecule has 0 radical (unpaired) electrons. The molecular weight excluding hydrogens is 266 g/mol. The number of aryl methyl sites for hydroxylation is 1. The van der Waals surface area contributed by atoms with Crippen LogP contribution in [0.5, 0.6) is 0 Å². The molecule has 0 aliphatic carbocycles. The fourth-order valence-corrected chi connectivity index (χ4v) is 2.95. The van der Waals surface area contributed by atoms with E-state index in [1.807, 2.05) is 24.9 Å². The number of carbonyl (C=O) groups is 1. The third-order valence-electron chi connectivity index (χ3n) is 4.24. The molecule has 2 aromatic rings. The van der Waals surface area contributed by atoms with Gasteiger partial charge in [0.15, 0.2) is 5.65 Å². The summed E-state index contributed by atoms with van der Waals surface area (Å²) in [5, 5.41) is 11.1. The Kier molecular flexibility index (Phi) is 3.88. The van der Waals surface area contributed by atoms with Crippen LogP contribution >= 0.6 is 0 Å². The quantitative estimate of drug-likeness (QED) is 0.893. The maximum atomic E-state index is 12.6. The molecule has 6 nitrogen and oxygen atoms in total. The molecule has 3 heterocycles. The molecule has 6 heteroatoms. The van der Waals surface area contributed by atoms with Crippen molar-refractivity contribution in [1.29, 1.82) is 0 Å². The Morgan fingerprint density at radius 3 is 2.95 bits per heavy atom. The first-order valence-corrected chi connectivity index (χ1v) is 7.43. The van der Waals surface area contributed by atoms with Crippen LogP contribution in [0.4, 0.5) is 0 Å². The number of piperidine rings is 1. The lowest BCUT2D eigenvalue weighted by Gasteiger charge is -2.31. The predicted molar refractivity (Wildman–Crippen MR) is 81.2 cm³/mol. The van der Waals surface area contributed by atoms with Crippen LogP contribution in [-0.4, -0.2) is 52.7 Å². The van der Waals surface area contributed by atoms with Gasteiger partial charge in [0.25, 0.3) is 5.91 Å². The number of likely N-dealkylation sites (tertiary alicyclic amines) is 1. The number of hydrogen-bond donors (Lipinski definition) is 2. The molecule has 0 saturated carbocycles. The molecule has 0 aromatic carbocycles. The molecule has 1 amide bonds. The van der Waals surface area contributed by atoms with Gasteiger partial charge in [0.1, 0.15) is 0 Å². The second kappa shape index (κ2) is 5.81. The summed E-state index contributed by atoms with van der Waals surface area (Å²) in [4.78, 5) is 18.8. The molecule has 2 aromatic heterocycles. The Labute approximate surface area is 123 Å². The molecule has 2 N–H and O–H groups in total. The van der Waals surface area contributed by atoms with Crippen LogP contribution in [0.15, 0.2) is 12.3 Å². The summed E-state index contributed by atoms with van der Waals surface area (Å²) in [6.45, 7) is 4.62. The lowest BCUT2D eigenvalue weighted by molar-refractivity contribution is 0.0690. The Morgan fingerprint density at radius 2 is 2.24 bits per heavy atom. The smallest absolute Gasteiger partial charge is 0.255 e. The fraction of sp³-hybridized carbons (Fsp3) is 0.533. The van der Waals surface area contributed by atoms with Crippen LogP contribution in [0.1, 0.15) is 28.9 Å². The SMILES string of the molecule is CNCC1CCN(C(=O)c2cnc3n[nH]c(C)c3c2)CC1. The summed E-state index contributed by atoms with van der Waals surface area (Å²) in [6.07, 6.45) is 3.75. The zero-order valence-electron chi connectivity index (χ0n) is 12.5. The van der Waals surface area contributed by atoms with Crippen molar-refractivity contribution in [3.05, 3.63) is 23.5 Å². The van der Waals surface area contributed by atoms with Crippen molar-refractivity contribution in [3.8, 4) is 0 Å². The Bertz CT molecular complexity index is 643. The maximum absolute atomic E-state index is 12.6. The van der Waals surface area contributed by atoms with Gasteiger partial charge in [0, 0.05) is 30.4 Å². The van der Waals surface area contributed by atoms with Crippen molar-refractivity contribution >= 4 is 16.9 Å². The first-order chi connectivity index (χ1) is 10.2. The number of rotatable bonds is 3. The number of amides is 1. The Balaban J connectivity index is 1.73. The topological polar surface area (TPSA) is 73.9 Å². The van der Waals surface area contributed by atoms with Gasteiger partial charge in [-0.05, 0) is 45.3 Å². The van der Waals surface area contributed by atoms with Gasteiger partial charge in [0.2, 0.25) is 0 Å². The van der Waals surface area contributed by atoms with E-state index >= 15 is 0 Å². The molecular formula is C15H21N5O. The van der Waals surface area contributed by atoms with Crippen molar-refractivity contribution in [2.24, 2.45) is 5.92 Å². The number of hydrogen-bond acceptors (Lipinski definition) is 4. The summed E-state index contributed by atoms with van der Waals surface area (Å²) in [5.74, 6) is 0.753. The lowest BCUT2D eigenvalue weighted by atomic mass is 9.96. The molecule has 0 bridgehead atoms. The largest absolute Gasteiger partial charge is 0.339 e. The van der Waals surface area contributed by atoms with Crippen LogP contribution in [0.3, 0.4) is 0 Å². The Morgan fingerprint density at radius 1 is 1.48 bits per heavy atom. The van der Waals surface area contributed by atoms with Crippen LogP contribution < -0.4 is 5.32 Å². The summed E-state index contributed by atoms with van der Waals surface area (Å²) < 4.78 is 0. The van der Waals surface area contributed by atoms with E-state index in [2.05, 4.69) is 20.5 Å². The van der Waals surface area contributed by atoms with Gasteiger partial charge in [-0.3, -0.25) is 9.89 Å². The highest BCUT2D eigenvalue weighted by Gasteiger charge is 2.23. The highest BCUT2D eigenvalue weighted by Crippen LogP contribution is 2.20. The molecule has 1 saturated heterocycles. The second-order valence-electron chi connectivity index (χ2n) is 5.74. The second-order valence-corrected chi connectivity index (χ2v) is 5.74. The van der Waals surface area contributed by atoms with E-state index in [-0.39, 0.29) is 5.91 Å². The number of nitrogens with one attached hydrogen (secondary N) is 2. The zero-order chi connectivity index (χ0) is 14.8. The summed E-state index contributed by atoms with van der Waals surface area (Å²) >= 11 is 0. The van der Waals surface area contributed by atoms with Crippen molar-refractivity contribution < 1.29 is 4.79 Å². The van der Waals surface area contributed by atoms with Gasteiger partial charge < -0.3 is 10.2 Å². The maximum Gasteiger partial charge on any atom is 0.255 e. The van der Waals surface area contributed by atoms with E-state index in [4.69, 9.17) is 0 Å². The number of carbonyl (C=O) groups excluding carboxylic acids is 1. The summed E-state index contributed by atoms with van der Waals surface area (Å²) in [7, 11) is 1.98. The van der Waals surface area contributed by atoms with Gasteiger partial charge in [0.05, 0.1) is 5.56 Å². The third kappa shape index (κ3) is 2.76. The zero-order valence-corrected chi connectivity index (χ0v) is 12.5. The highest BCUT2D eigenvalue weighted by molar-refractivity contribution is 5.97. The third-order valence-corrected chi connectivity index (χ3v) is 4.24. The number of pyridine rings is 1. The van der Waals surface area contributed by atoms with Gasteiger partial charge in [-0.25, -0.2) is 4.98 Å². The lowest BCUT2D eigenvalue weighted by Crippen LogP contribution is -2.40. The average Bonchev–Trinajstić information content (AvgIpc) is 2.89. The number of fused-ring (bicyclic) bond motifs is 1. The molecule has 21 heavy (non-hydrogen) atoms. The average molecular weight is 287 g/mol. The van der Waals surface area contributed by atoms with Crippen LogP contribution in [0, 0.1) is 12.8 Å². The fourth-order valence-electron chi connectivity index (χ4n) is 2.95. The molecule has 0 atom stereocenters. The molecule has 3 rings (SSSR count). The number of aromatic amines is 1. The first kappa shape index (κ1) is 14.0. The molecule has 1 fully saturated rings. The van der Waals surface area contributed by atoms with Gasteiger partial charge in [-0.15, -0.1) is 0 Å². The molecule has 112 valence electrons. The number of nitrogens with zero attached hydrogens (tertiary/aromatic N) is 3. The Hall–Kier alpha value is -1.95. The van der Waals surface area contributed by atoms with Gasteiger partial charge in [-0.2, -0.15) is 5.10 Å². The van der Waals surface area contributed by atoms with Crippen LogP contribution in [0.25, 0.3) is 11.0 Å². The molecule has 1 aliphatic rings. The van der Waals surface area contributed by atoms with E-state index in [1.54, 1.807) is 6.20 Å².